The Morgan fingerprint density at radius 2 is 1.85 bits per heavy atom. The van der Waals surface area contributed by atoms with Gasteiger partial charge in [0.05, 0.1) is 10.6 Å². The minimum atomic E-state index is -3.67. The third kappa shape index (κ3) is 5.40. The van der Waals surface area contributed by atoms with E-state index >= 15 is 0 Å². The van der Waals surface area contributed by atoms with Gasteiger partial charge in [0.15, 0.2) is 11.7 Å². The van der Waals surface area contributed by atoms with Gasteiger partial charge >= 0.3 is 0 Å². The van der Waals surface area contributed by atoms with Crippen LogP contribution in [0.25, 0.3) is 0 Å². The third-order valence-corrected chi connectivity index (χ3v) is 8.22. The average Bonchev–Trinajstić information content (AvgIpc) is 3.25. The lowest BCUT2D eigenvalue weighted by Gasteiger charge is -2.19. The summed E-state index contributed by atoms with van der Waals surface area (Å²) in [4.78, 5) is 12.3. The Kier molecular flexibility index (Phi) is 7.20. The maximum atomic E-state index is 13.1. The molecule has 34 heavy (non-hydrogen) atoms. The first-order chi connectivity index (χ1) is 16.2. The molecule has 1 amide bonds. The molecule has 1 heterocycles. The average molecular weight is 560 g/mol. The second kappa shape index (κ2) is 10.1. The van der Waals surface area contributed by atoms with Crippen LogP contribution in [-0.2, 0) is 21.2 Å². The molecule has 0 fully saturated rings. The van der Waals surface area contributed by atoms with Crippen LogP contribution in [0.5, 0.6) is 5.75 Å². The molecule has 0 unspecified atom stereocenters. The van der Waals surface area contributed by atoms with Crippen LogP contribution in [0.15, 0.2) is 76.1 Å². The first-order valence-electron chi connectivity index (χ1n) is 10.4. The van der Waals surface area contributed by atoms with Crippen LogP contribution in [0.4, 0.5) is 11.4 Å². The Bertz CT molecular complexity index is 1340. The molecule has 0 aliphatic carbocycles. The molecule has 4 rings (SSSR count). The normalized spacial score (nSPS) is 12.7. The van der Waals surface area contributed by atoms with Gasteiger partial charge in [-0.1, -0.05) is 34.1 Å². The first kappa shape index (κ1) is 24.2. The number of thiocarbonyl (C=S) groups is 1. The fourth-order valence-electron chi connectivity index (χ4n) is 3.58. The molecular weight excluding hydrogens is 538 g/mol. The molecule has 7 nitrogen and oxygen atoms in total. The molecule has 1 aliphatic heterocycles. The fourth-order valence-corrected chi connectivity index (χ4v) is 5.56. The molecular formula is C24H22BrN3O4S2. The lowest BCUT2D eigenvalue weighted by Crippen LogP contribution is -2.37. The SMILES string of the molecule is Cc1cc(OCC(=O)NC(=S)Nc2ccc(S(=O)(=O)N3CCc4ccccc43)cc2)ccc1Br. The lowest BCUT2D eigenvalue weighted by atomic mass is 10.2. The summed E-state index contributed by atoms with van der Waals surface area (Å²) >= 11 is 8.60. The van der Waals surface area contributed by atoms with E-state index in [1.807, 2.05) is 43.3 Å². The predicted octanol–water partition coefficient (Wildman–Crippen LogP) is 4.40. The third-order valence-electron chi connectivity index (χ3n) is 5.30. The second-order valence-corrected chi connectivity index (χ2v) is 10.8. The number of anilines is 2. The first-order valence-corrected chi connectivity index (χ1v) is 13.1. The summed E-state index contributed by atoms with van der Waals surface area (Å²) in [5.74, 6) is 0.164. The van der Waals surface area contributed by atoms with Crippen LogP contribution in [0, 0.1) is 6.92 Å². The van der Waals surface area contributed by atoms with Gasteiger partial charge in [-0.25, -0.2) is 8.42 Å². The van der Waals surface area contributed by atoms with Crippen molar-refractivity contribution in [3.8, 4) is 5.75 Å². The molecule has 0 radical (unpaired) electrons. The number of sulfonamides is 1. The van der Waals surface area contributed by atoms with Crippen molar-refractivity contribution in [3.05, 3.63) is 82.3 Å². The number of nitrogens with zero attached hydrogens (tertiary/aromatic N) is 1. The summed E-state index contributed by atoms with van der Waals surface area (Å²) in [6.45, 7) is 2.15. The Balaban J connectivity index is 1.33. The van der Waals surface area contributed by atoms with Gasteiger partial charge in [-0.3, -0.25) is 14.4 Å². The van der Waals surface area contributed by atoms with Crippen molar-refractivity contribution in [2.45, 2.75) is 18.2 Å². The van der Waals surface area contributed by atoms with Gasteiger partial charge < -0.3 is 10.1 Å². The van der Waals surface area contributed by atoms with E-state index in [0.717, 1.165) is 15.6 Å². The van der Waals surface area contributed by atoms with E-state index in [-0.39, 0.29) is 16.6 Å². The van der Waals surface area contributed by atoms with E-state index in [9.17, 15) is 13.2 Å². The molecule has 10 heteroatoms. The molecule has 2 N–H and O–H groups in total. The van der Waals surface area contributed by atoms with E-state index in [0.29, 0.717) is 30.1 Å². The van der Waals surface area contributed by atoms with Crippen molar-refractivity contribution in [3.63, 3.8) is 0 Å². The van der Waals surface area contributed by atoms with Crippen LogP contribution in [0.1, 0.15) is 11.1 Å². The molecule has 3 aromatic rings. The van der Waals surface area contributed by atoms with Crippen LogP contribution in [0.2, 0.25) is 0 Å². The summed E-state index contributed by atoms with van der Waals surface area (Å²) in [6, 6.07) is 19.2. The number of hydrogen-bond acceptors (Lipinski definition) is 5. The van der Waals surface area contributed by atoms with Crippen molar-refractivity contribution in [2.24, 2.45) is 0 Å². The summed E-state index contributed by atoms with van der Waals surface area (Å²) in [6.07, 6.45) is 0.689. The topological polar surface area (TPSA) is 87.7 Å². The fraction of sp³-hybridized carbons (Fsp3) is 0.167. The Morgan fingerprint density at radius 1 is 1.12 bits per heavy atom. The second-order valence-electron chi connectivity index (χ2n) is 7.68. The van der Waals surface area contributed by atoms with Gasteiger partial charge in [0.1, 0.15) is 5.75 Å². The van der Waals surface area contributed by atoms with E-state index in [4.69, 9.17) is 17.0 Å². The molecule has 0 saturated carbocycles. The van der Waals surface area contributed by atoms with E-state index in [2.05, 4.69) is 26.6 Å². The summed E-state index contributed by atoms with van der Waals surface area (Å²) < 4.78 is 34.1. The van der Waals surface area contributed by atoms with Gasteiger partial charge in [-0.2, -0.15) is 0 Å². The van der Waals surface area contributed by atoms with Crippen molar-refractivity contribution < 1.29 is 17.9 Å². The highest BCUT2D eigenvalue weighted by Crippen LogP contribution is 2.32. The van der Waals surface area contributed by atoms with Crippen molar-refractivity contribution in [2.75, 3.05) is 22.8 Å². The molecule has 0 bridgehead atoms. The lowest BCUT2D eigenvalue weighted by molar-refractivity contribution is -0.121. The number of carbonyl (C=O) groups excluding carboxylic acids is 1. The summed E-state index contributed by atoms with van der Waals surface area (Å²) in [5, 5.41) is 5.51. The minimum Gasteiger partial charge on any atom is -0.484 e. The zero-order chi connectivity index (χ0) is 24.3. The number of hydrogen-bond donors (Lipinski definition) is 2. The largest absolute Gasteiger partial charge is 0.484 e. The molecule has 0 spiro atoms. The highest BCUT2D eigenvalue weighted by Gasteiger charge is 2.30. The highest BCUT2D eigenvalue weighted by molar-refractivity contribution is 9.10. The number of ether oxygens (including phenoxy) is 1. The number of fused-ring (bicyclic) bond motifs is 1. The van der Waals surface area contributed by atoms with Gasteiger partial charge in [0.2, 0.25) is 0 Å². The van der Waals surface area contributed by atoms with Crippen LogP contribution >= 0.6 is 28.1 Å². The Labute approximate surface area is 212 Å². The molecule has 3 aromatic carbocycles. The number of halogens is 1. The van der Waals surface area contributed by atoms with Crippen LogP contribution in [0.3, 0.4) is 0 Å². The standard InChI is InChI=1S/C24H22BrN3O4S2/c1-16-14-19(8-11-21(16)25)32-15-23(29)27-24(33)26-18-6-9-20(10-7-18)34(30,31)28-13-12-17-4-2-3-5-22(17)28/h2-11,14H,12-13,15H2,1H3,(H2,26,27,29,33). The number of carbonyl (C=O) groups is 1. The van der Waals surface area contributed by atoms with Gasteiger partial charge in [0, 0.05) is 16.7 Å². The maximum absolute atomic E-state index is 13.1. The van der Waals surface area contributed by atoms with Crippen molar-refractivity contribution in [1.29, 1.82) is 0 Å². The molecule has 0 aromatic heterocycles. The number of aryl methyl sites for hydroxylation is 1. The highest BCUT2D eigenvalue weighted by atomic mass is 79.9. The zero-order valence-corrected chi connectivity index (χ0v) is 21.5. The van der Waals surface area contributed by atoms with Crippen LogP contribution in [-0.4, -0.2) is 32.6 Å². The van der Waals surface area contributed by atoms with Gasteiger partial charge in [-0.05, 0) is 85.2 Å². The van der Waals surface area contributed by atoms with E-state index < -0.39 is 15.9 Å². The summed E-state index contributed by atoms with van der Waals surface area (Å²) in [5.41, 5.74) is 3.28. The minimum absolute atomic E-state index is 0.0877. The van der Waals surface area contributed by atoms with Gasteiger partial charge in [0.25, 0.3) is 15.9 Å². The summed E-state index contributed by atoms with van der Waals surface area (Å²) in [7, 11) is -3.67. The number of rotatable bonds is 6. The van der Waals surface area contributed by atoms with Crippen molar-refractivity contribution in [1.82, 2.24) is 5.32 Å². The maximum Gasteiger partial charge on any atom is 0.264 e. The Hall–Kier alpha value is -2.95. The van der Waals surface area contributed by atoms with Gasteiger partial charge in [-0.15, -0.1) is 0 Å². The molecule has 0 saturated heterocycles. The van der Waals surface area contributed by atoms with E-state index in [1.54, 1.807) is 18.2 Å². The monoisotopic (exact) mass is 559 g/mol. The molecule has 1 aliphatic rings. The molecule has 176 valence electrons. The number of amides is 1. The number of nitrogens with one attached hydrogen (secondary N) is 2. The van der Waals surface area contributed by atoms with E-state index in [1.165, 1.54) is 16.4 Å². The molecule has 0 atom stereocenters. The van der Waals surface area contributed by atoms with Crippen LogP contribution < -0.4 is 19.7 Å². The number of benzene rings is 3. The Morgan fingerprint density at radius 3 is 2.59 bits per heavy atom. The van der Waals surface area contributed by atoms with Crippen molar-refractivity contribution >= 4 is 60.6 Å². The smallest absolute Gasteiger partial charge is 0.264 e. The zero-order valence-electron chi connectivity index (χ0n) is 18.2. The predicted molar refractivity (Wildman–Crippen MR) is 140 cm³/mol. The number of para-hydroxylation sites is 1. The quantitative estimate of drug-likeness (QED) is 0.435.